The van der Waals surface area contributed by atoms with Gasteiger partial charge in [0.2, 0.25) is 5.91 Å². The van der Waals surface area contributed by atoms with Crippen LogP contribution in [0.5, 0.6) is 0 Å². The van der Waals surface area contributed by atoms with Crippen molar-refractivity contribution < 1.29 is 14.6 Å². The van der Waals surface area contributed by atoms with Crippen LogP contribution in [0.1, 0.15) is 23.6 Å². The Kier molecular flexibility index (Phi) is 6.77. The van der Waals surface area contributed by atoms with E-state index < -0.39 is 0 Å². The second kappa shape index (κ2) is 9.07. The summed E-state index contributed by atoms with van der Waals surface area (Å²) in [5.41, 5.74) is 3.05. The van der Waals surface area contributed by atoms with E-state index in [-0.39, 0.29) is 19.1 Å². The number of carbonyl (C=O) groups is 1. The molecule has 23 heavy (non-hydrogen) atoms. The summed E-state index contributed by atoms with van der Waals surface area (Å²) < 4.78 is 7.02. The Balaban J connectivity index is 1.86. The first-order valence-electron chi connectivity index (χ1n) is 7.76. The van der Waals surface area contributed by atoms with Crippen LogP contribution in [-0.4, -0.2) is 34.0 Å². The molecule has 2 rings (SSSR count). The first-order valence-corrected chi connectivity index (χ1v) is 7.76. The van der Waals surface area contributed by atoms with Crippen LogP contribution in [0.3, 0.4) is 0 Å². The first-order chi connectivity index (χ1) is 11.2. The van der Waals surface area contributed by atoms with Gasteiger partial charge in [-0.05, 0) is 30.0 Å². The lowest BCUT2D eigenvalue weighted by atomic mass is 10.1. The van der Waals surface area contributed by atoms with Crippen LogP contribution >= 0.6 is 0 Å². The van der Waals surface area contributed by atoms with Gasteiger partial charge >= 0.3 is 0 Å². The second-order valence-electron chi connectivity index (χ2n) is 5.20. The van der Waals surface area contributed by atoms with Gasteiger partial charge in [0, 0.05) is 26.0 Å². The SMILES string of the molecule is CCOCc1ccccc1CNC(=O)Cn1cc(CCO)cn1. The first kappa shape index (κ1) is 17.2. The summed E-state index contributed by atoms with van der Waals surface area (Å²) in [5.74, 6) is -0.102. The highest BCUT2D eigenvalue weighted by Crippen LogP contribution is 2.10. The Morgan fingerprint density at radius 2 is 2.13 bits per heavy atom. The van der Waals surface area contributed by atoms with E-state index >= 15 is 0 Å². The summed E-state index contributed by atoms with van der Waals surface area (Å²) in [4.78, 5) is 12.0. The molecule has 0 atom stereocenters. The van der Waals surface area contributed by atoms with Gasteiger partial charge in [0.05, 0.1) is 12.8 Å². The van der Waals surface area contributed by atoms with Crippen LogP contribution in [0.25, 0.3) is 0 Å². The van der Waals surface area contributed by atoms with Crippen molar-refractivity contribution in [2.75, 3.05) is 13.2 Å². The molecule has 0 saturated carbocycles. The Hall–Kier alpha value is -2.18. The fourth-order valence-corrected chi connectivity index (χ4v) is 2.23. The molecule has 1 amide bonds. The minimum absolute atomic E-state index is 0.0779. The Morgan fingerprint density at radius 1 is 1.35 bits per heavy atom. The van der Waals surface area contributed by atoms with Crippen molar-refractivity contribution in [2.45, 2.75) is 33.0 Å². The predicted molar refractivity (Wildman–Crippen MR) is 86.6 cm³/mol. The average Bonchev–Trinajstić information content (AvgIpc) is 2.99. The number of ether oxygens (including phenoxy) is 1. The van der Waals surface area contributed by atoms with Crippen molar-refractivity contribution in [2.24, 2.45) is 0 Å². The molecular formula is C17H23N3O3. The summed E-state index contributed by atoms with van der Waals surface area (Å²) in [6.07, 6.45) is 3.99. The maximum atomic E-state index is 12.0. The van der Waals surface area contributed by atoms with E-state index in [0.717, 1.165) is 16.7 Å². The normalized spacial score (nSPS) is 10.7. The summed E-state index contributed by atoms with van der Waals surface area (Å²) in [7, 11) is 0. The standard InChI is InChI=1S/C17H23N3O3/c1-2-23-13-16-6-4-3-5-15(16)10-18-17(22)12-20-11-14(7-8-21)9-19-20/h3-6,9,11,21H,2,7-8,10,12-13H2,1H3,(H,18,22). The van der Waals surface area contributed by atoms with Gasteiger partial charge in [0.15, 0.2) is 0 Å². The number of aromatic nitrogens is 2. The Labute approximate surface area is 136 Å². The topological polar surface area (TPSA) is 76.4 Å². The zero-order valence-electron chi connectivity index (χ0n) is 13.4. The molecule has 0 bridgehead atoms. The van der Waals surface area contributed by atoms with Crippen LogP contribution in [0.4, 0.5) is 0 Å². The smallest absolute Gasteiger partial charge is 0.241 e. The number of nitrogens with one attached hydrogen (secondary N) is 1. The zero-order valence-corrected chi connectivity index (χ0v) is 13.4. The molecule has 124 valence electrons. The number of amides is 1. The van der Waals surface area contributed by atoms with Crippen LogP contribution in [0.15, 0.2) is 36.7 Å². The number of hydrogen-bond donors (Lipinski definition) is 2. The molecule has 1 aromatic carbocycles. The number of benzene rings is 1. The number of nitrogens with zero attached hydrogens (tertiary/aromatic N) is 2. The van der Waals surface area contributed by atoms with Crippen molar-refractivity contribution in [1.82, 2.24) is 15.1 Å². The third-order valence-corrected chi connectivity index (χ3v) is 3.45. The van der Waals surface area contributed by atoms with E-state index in [1.807, 2.05) is 31.2 Å². The third kappa shape index (κ3) is 5.50. The third-order valence-electron chi connectivity index (χ3n) is 3.45. The van der Waals surface area contributed by atoms with Crippen LogP contribution in [0.2, 0.25) is 0 Å². The molecule has 0 fully saturated rings. The summed E-state index contributed by atoms with van der Waals surface area (Å²) >= 11 is 0. The second-order valence-corrected chi connectivity index (χ2v) is 5.20. The molecule has 6 heteroatoms. The zero-order chi connectivity index (χ0) is 16.5. The number of rotatable bonds is 9. The molecule has 6 nitrogen and oxygen atoms in total. The van der Waals surface area contributed by atoms with E-state index in [4.69, 9.17) is 9.84 Å². The minimum atomic E-state index is -0.102. The minimum Gasteiger partial charge on any atom is -0.396 e. The van der Waals surface area contributed by atoms with Gasteiger partial charge in [-0.3, -0.25) is 9.48 Å². The highest BCUT2D eigenvalue weighted by molar-refractivity contribution is 5.75. The number of aliphatic hydroxyl groups excluding tert-OH is 1. The molecule has 0 radical (unpaired) electrons. The Morgan fingerprint density at radius 3 is 2.87 bits per heavy atom. The van der Waals surface area contributed by atoms with E-state index in [2.05, 4.69) is 10.4 Å². The van der Waals surface area contributed by atoms with Gasteiger partial charge in [-0.25, -0.2) is 0 Å². The van der Waals surface area contributed by atoms with Gasteiger partial charge < -0.3 is 15.2 Å². The highest BCUT2D eigenvalue weighted by atomic mass is 16.5. The lowest BCUT2D eigenvalue weighted by Gasteiger charge is -2.10. The van der Waals surface area contributed by atoms with Crippen molar-refractivity contribution in [3.05, 3.63) is 53.3 Å². The van der Waals surface area contributed by atoms with Gasteiger partial charge in [0.25, 0.3) is 0 Å². The fourth-order valence-electron chi connectivity index (χ4n) is 2.23. The predicted octanol–water partition coefficient (Wildman–Crippen LogP) is 1.27. The molecular weight excluding hydrogens is 294 g/mol. The molecule has 2 aromatic rings. The summed E-state index contributed by atoms with van der Waals surface area (Å²) in [5, 5.41) is 15.9. The van der Waals surface area contributed by atoms with Crippen molar-refractivity contribution >= 4 is 5.91 Å². The van der Waals surface area contributed by atoms with Crippen molar-refractivity contribution in [3.63, 3.8) is 0 Å². The van der Waals surface area contributed by atoms with Crippen molar-refractivity contribution in [1.29, 1.82) is 0 Å². The van der Waals surface area contributed by atoms with Gasteiger partial charge in [-0.15, -0.1) is 0 Å². The molecule has 1 heterocycles. The van der Waals surface area contributed by atoms with E-state index in [9.17, 15) is 4.79 Å². The van der Waals surface area contributed by atoms with Gasteiger partial charge in [-0.1, -0.05) is 24.3 Å². The number of aliphatic hydroxyl groups is 1. The van der Waals surface area contributed by atoms with E-state index in [1.54, 1.807) is 17.1 Å². The quantitative estimate of drug-likeness (QED) is 0.730. The maximum absolute atomic E-state index is 12.0. The summed E-state index contributed by atoms with van der Waals surface area (Å²) in [6, 6.07) is 7.91. The lowest BCUT2D eigenvalue weighted by molar-refractivity contribution is -0.122. The van der Waals surface area contributed by atoms with Gasteiger partial charge in [-0.2, -0.15) is 5.10 Å². The van der Waals surface area contributed by atoms with Gasteiger partial charge in [0.1, 0.15) is 6.54 Å². The summed E-state index contributed by atoms with van der Waals surface area (Å²) in [6.45, 7) is 3.88. The maximum Gasteiger partial charge on any atom is 0.241 e. The molecule has 2 N–H and O–H groups in total. The van der Waals surface area contributed by atoms with Crippen LogP contribution in [-0.2, 0) is 35.6 Å². The van der Waals surface area contributed by atoms with Crippen molar-refractivity contribution in [3.8, 4) is 0 Å². The molecule has 0 unspecified atom stereocenters. The average molecular weight is 317 g/mol. The Bertz CT molecular complexity index is 625. The molecule has 0 saturated heterocycles. The lowest BCUT2D eigenvalue weighted by Crippen LogP contribution is -2.27. The van der Waals surface area contributed by atoms with Crippen LogP contribution in [0, 0.1) is 0 Å². The monoisotopic (exact) mass is 317 g/mol. The largest absolute Gasteiger partial charge is 0.396 e. The van der Waals surface area contributed by atoms with E-state index in [1.165, 1.54) is 0 Å². The molecule has 1 aromatic heterocycles. The van der Waals surface area contributed by atoms with Crippen LogP contribution < -0.4 is 5.32 Å². The highest BCUT2D eigenvalue weighted by Gasteiger charge is 2.07. The number of carbonyl (C=O) groups excluding carboxylic acids is 1. The molecule has 0 aliphatic heterocycles. The molecule has 0 aliphatic carbocycles. The number of hydrogen-bond acceptors (Lipinski definition) is 4. The fraction of sp³-hybridized carbons (Fsp3) is 0.412. The molecule has 0 aliphatic rings. The molecule has 0 spiro atoms. The van der Waals surface area contributed by atoms with E-state index in [0.29, 0.717) is 26.2 Å².